The maximum absolute atomic E-state index is 4.93. The standard InChI is InChI=1S/2C24H29.C12H7Si.2ClH.Zr/c2*1-15(2)21-9-8-18-13-20(24(5,6)7)14-22(18)23(21)19-11-16(3)10-17(4)12-19;1-3-7-11-9(5-1)10-6-2-4-8-12(10)13-11;;;/h2*8-15H,1-7H3;1-7H;2*1H;/q3*-1;;;+2/p-2. The van der Waals surface area contributed by atoms with Crippen molar-refractivity contribution in [1.29, 1.82) is 0 Å². The zero-order chi connectivity index (χ0) is 46.7. The molecule has 8 aromatic rings. The van der Waals surface area contributed by atoms with E-state index in [0.29, 0.717) is 11.8 Å². The van der Waals surface area contributed by atoms with Crippen LogP contribution in [0, 0.1) is 33.8 Å². The summed E-state index contributed by atoms with van der Waals surface area (Å²) in [5.74, 6) is 1.02. The van der Waals surface area contributed by atoms with E-state index in [1.807, 2.05) is 6.07 Å². The van der Waals surface area contributed by atoms with Crippen LogP contribution in [0.2, 0.25) is 0 Å². The molecule has 0 amide bonds. The van der Waals surface area contributed by atoms with Crippen LogP contribution < -0.4 is 10.4 Å². The smallest absolute Gasteiger partial charge is 0.0920 e. The van der Waals surface area contributed by atoms with Crippen molar-refractivity contribution in [3.05, 3.63) is 178 Å². The molecular weight excluding hydrogens is 911 g/mol. The zero-order valence-corrected chi connectivity index (χ0v) is 45.5. The summed E-state index contributed by atoms with van der Waals surface area (Å²) in [5, 5.41) is 8.34. The molecule has 1 aliphatic heterocycles. The van der Waals surface area contributed by atoms with Gasteiger partial charge in [0.25, 0.3) is 0 Å². The number of benzene rings is 6. The second-order valence-corrected chi connectivity index (χ2v) is 25.3. The Morgan fingerprint density at radius 2 is 0.938 bits per heavy atom. The summed E-state index contributed by atoms with van der Waals surface area (Å²) >= 11 is -0.826. The predicted octanol–water partition coefficient (Wildman–Crippen LogP) is 17.0. The first kappa shape index (κ1) is 49.6. The topological polar surface area (TPSA) is 0 Å². The molecule has 64 heavy (non-hydrogen) atoms. The van der Waals surface area contributed by atoms with Crippen molar-refractivity contribution in [2.45, 2.75) is 120 Å². The maximum Gasteiger partial charge on any atom is 0.0920 e. The van der Waals surface area contributed by atoms with Gasteiger partial charge in [-0.25, -0.2) is 0 Å². The molecule has 0 saturated carbocycles. The Morgan fingerprint density at radius 1 is 0.531 bits per heavy atom. The Hall–Kier alpha value is -3.78. The summed E-state index contributed by atoms with van der Waals surface area (Å²) in [6.45, 7) is 31.7. The van der Waals surface area contributed by atoms with E-state index < -0.39 is 20.8 Å². The number of rotatable bonds is 4. The van der Waals surface area contributed by atoms with Gasteiger partial charge in [0.05, 0.1) is 9.52 Å². The van der Waals surface area contributed by atoms with Crippen LogP contribution in [-0.4, -0.2) is 9.52 Å². The molecule has 0 N–H and O–H groups in total. The molecular formula is C60H65Cl2SiZr-3. The van der Waals surface area contributed by atoms with Crippen LogP contribution in [0.3, 0.4) is 0 Å². The van der Waals surface area contributed by atoms with E-state index >= 15 is 0 Å². The quantitative estimate of drug-likeness (QED) is 0.122. The fourth-order valence-corrected chi connectivity index (χ4v) is 10.3. The second-order valence-electron chi connectivity index (χ2n) is 20.3. The van der Waals surface area contributed by atoms with Crippen molar-refractivity contribution in [3.8, 4) is 33.4 Å². The van der Waals surface area contributed by atoms with Gasteiger partial charge >= 0.3 is 37.9 Å². The van der Waals surface area contributed by atoms with E-state index in [2.05, 4.69) is 224 Å². The summed E-state index contributed by atoms with van der Waals surface area (Å²) in [4.78, 5) is 0. The molecule has 8 aromatic carbocycles. The second kappa shape index (κ2) is 20.8. The minimum atomic E-state index is -0.826. The van der Waals surface area contributed by atoms with Crippen LogP contribution in [0.5, 0.6) is 0 Å². The molecule has 2 radical (unpaired) electrons. The third-order valence-corrected chi connectivity index (χ3v) is 13.5. The van der Waals surface area contributed by atoms with Gasteiger partial charge in [-0.2, -0.15) is 41.6 Å². The first-order valence-corrected chi connectivity index (χ1v) is 30.0. The summed E-state index contributed by atoms with van der Waals surface area (Å²) in [7, 11) is 10.7. The molecule has 0 nitrogen and oxygen atoms in total. The van der Waals surface area contributed by atoms with Gasteiger partial charge in [0.15, 0.2) is 0 Å². The molecule has 0 aliphatic carbocycles. The van der Waals surface area contributed by atoms with Gasteiger partial charge < -0.3 is 0 Å². The van der Waals surface area contributed by atoms with E-state index in [-0.39, 0.29) is 10.8 Å². The fourth-order valence-electron chi connectivity index (χ4n) is 9.03. The number of hydrogen-bond donors (Lipinski definition) is 0. The molecule has 0 bridgehead atoms. The Kier molecular flexibility index (Phi) is 16.1. The Labute approximate surface area is 407 Å². The van der Waals surface area contributed by atoms with Crippen LogP contribution in [0.1, 0.15) is 126 Å². The minimum Gasteiger partial charge on any atom is -0.184 e. The Morgan fingerprint density at radius 3 is 1.34 bits per heavy atom. The first-order chi connectivity index (χ1) is 30.2. The molecule has 0 fully saturated rings. The molecule has 9 rings (SSSR count). The van der Waals surface area contributed by atoms with Crippen LogP contribution in [-0.2, 0) is 31.7 Å². The monoisotopic (exact) mass is 973 g/mol. The van der Waals surface area contributed by atoms with Crippen molar-refractivity contribution >= 4 is 58.5 Å². The number of aryl methyl sites for hydroxylation is 4. The minimum absolute atomic E-state index is 0.177. The number of fused-ring (bicyclic) bond motifs is 5. The van der Waals surface area contributed by atoms with Gasteiger partial charge in [-0.1, -0.05) is 185 Å². The number of halogens is 2. The molecule has 330 valence electrons. The Bertz CT molecular complexity index is 2640. The summed E-state index contributed by atoms with van der Waals surface area (Å²) < 4.78 is 0. The van der Waals surface area contributed by atoms with Crippen molar-refractivity contribution in [3.63, 3.8) is 0 Å². The Balaban J connectivity index is 0.000000160. The van der Waals surface area contributed by atoms with Crippen molar-refractivity contribution in [2.24, 2.45) is 0 Å². The van der Waals surface area contributed by atoms with Crippen LogP contribution in [0.25, 0.3) is 54.9 Å². The first-order valence-electron chi connectivity index (χ1n) is 22.7. The molecule has 0 atom stereocenters. The zero-order valence-electron chi connectivity index (χ0n) is 40.5. The summed E-state index contributed by atoms with van der Waals surface area (Å²) in [6, 6.07) is 50.8. The van der Waals surface area contributed by atoms with Crippen LogP contribution >= 0.6 is 17.0 Å². The molecule has 0 saturated heterocycles. The third kappa shape index (κ3) is 11.6. The molecule has 4 heteroatoms. The van der Waals surface area contributed by atoms with Crippen LogP contribution in [0.15, 0.2) is 127 Å². The van der Waals surface area contributed by atoms with Gasteiger partial charge in [-0.3, -0.25) is 0 Å². The van der Waals surface area contributed by atoms with E-state index in [0.717, 1.165) is 9.52 Å². The van der Waals surface area contributed by atoms with Crippen molar-refractivity contribution in [2.75, 3.05) is 0 Å². The maximum atomic E-state index is 4.93. The molecule has 1 heterocycles. The molecule has 0 spiro atoms. The van der Waals surface area contributed by atoms with Gasteiger partial charge in [-0.15, -0.1) is 74.6 Å². The molecule has 1 aliphatic rings. The molecule has 0 aromatic heterocycles. The third-order valence-electron chi connectivity index (χ3n) is 12.2. The predicted molar refractivity (Wildman–Crippen MR) is 282 cm³/mol. The van der Waals surface area contributed by atoms with Gasteiger partial charge in [0.1, 0.15) is 0 Å². The van der Waals surface area contributed by atoms with Gasteiger partial charge in [0.2, 0.25) is 0 Å². The largest absolute Gasteiger partial charge is 0.184 e. The summed E-state index contributed by atoms with van der Waals surface area (Å²) in [5.41, 5.74) is 19.7. The van der Waals surface area contributed by atoms with Crippen LogP contribution in [0.4, 0.5) is 0 Å². The summed E-state index contributed by atoms with van der Waals surface area (Å²) in [6.07, 6.45) is 0. The van der Waals surface area contributed by atoms with Crippen molar-refractivity contribution in [1.82, 2.24) is 0 Å². The van der Waals surface area contributed by atoms with Crippen molar-refractivity contribution < 1.29 is 20.8 Å². The van der Waals surface area contributed by atoms with Gasteiger partial charge in [-0.05, 0) is 61.5 Å². The van der Waals surface area contributed by atoms with Gasteiger partial charge in [0, 0.05) is 0 Å². The van der Waals surface area contributed by atoms with E-state index in [9.17, 15) is 0 Å². The average Bonchev–Trinajstić information content (AvgIpc) is 3.96. The SMILES string of the molecule is Cc1cc(C)cc(-c2c(C(C)C)ccc3[cH-]c(C(C)(C)C)cc23)c1.Cc1cc(C)cc(-c2c(C(C)C)ccc3[cH-]c(C(C)(C)C)cc23)c1.[Cl][Zr][Cl].[c-]1cccc2c1[Si]c1ccccc1-2. The van der Waals surface area contributed by atoms with E-state index in [1.54, 1.807) is 0 Å². The normalized spacial score (nSPS) is 12.0. The average molecular weight is 976 g/mol. The fraction of sp³-hybridized carbons (Fsp3) is 0.300. The van der Waals surface area contributed by atoms with E-state index in [4.69, 9.17) is 17.0 Å². The number of hydrogen-bond acceptors (Lipinski definition) is 0. The van der Waals surface area contributed by atoms with E-state index in [1.165, 1.54) is 110 Å². The molecule has 0 unspecified atom stereocenters.